The van der Waals surface area contributed by atoms with Crippen molar-refractivity contribution < 1.29 is 4.79 Å². The van der Waals surface area contributed by atoms with Crippen LogP contribution in [-0.4, -0.2) is 13.0 Å². The molecule has 126 valence electrons. The third-order valence-electron chi connectivity index (χ3n) is 2.31. The van der Waals surface area contributed by atoms with Crippen molar-refractivity contribution in [2.24, 2.45) is 11.8 Å². The molecule has 0 heterocycles. The number of carbonyl (C=O) groups is 1. The van der Waals surface area contributed by atoms with E-state index in [1.807, 2.05) is 27.7 Å². The van der Waals surface area contributed by atoms with Gasteiger partial charge in [-0.3, -0.25) is 4.79 Å². The van der Waals surface area contributed by atoms with E-state index in [1.54, 1.807) is 7.05 Å². The maximum absolute atomic E-state index is 11.0. The first-order chi connectivity index (χ1) is 6.74. The lowest BCUT2D eigenvalue weighted by Gasteiger charge is -2.05. The second-order valence-corrected chi connectivity index (χ2v) is 3.23. The van der Waals surface area contributed by atoms with E-state index in [9.17, 15) is 4.79 Å². The molecule has 0 aromatic heterocycles. The Morgan fingerprint density at radius 3 is 1.47 bits per heavy atom. The highest BCUT2D eigenvalue weighted by Crippen LogP contribution is 2.29. The first-order valence-electron chi connectivity index (χ1n) is 5.95. The molecule has 1 aliphatic rings. The Morgan fingerprint density at radius 2 is 1.26 bits per heavy atom. The molecule has 2 nitrogen and oxygen atoms in total. The molecule has 0 aromatic carbocycles. The lowest BCUT2D eigenvalue weighted by molar-refractivity contribution is -0.124. The molecule has 1 fully saturated rings. The van der Waals surface area contributed by atoms with Crippen molar-refractivity contribution in [1.82, 2.24) is 5.32 Å². The molecule has 0 saturated heterocycles. The summed E-state index contributed by atoms with van der Waals surface area (Å²) in [6.07, 6.45) is 3.39. The normalized spacial score (nSPS) is 17.6. The van der Waals surface area contributed by atoms with Gasteiger partial charge in [-0.25, -0.2) is 0 Å². The molecule has 0 aliphatic heterocycles. The average molecular weight is 282 g/mol. The fourth-order valence-corrected chi connectivity index (χ4v) is 1.65. The van der Waals surface area contributed by atoms with Gasteiger partial charge in [-0.1, -0.05) is 71.8 Å². The molecule has 1 amide bonds. The molecule has 1 N–H and O–H groups in total. The van der Waals surface area contributed by atoms with Gasteiger partial charge < -0.3 is 5.32 Å². The van der Waals surface area contributed by atoms with Crippen LogP contribution >= 0.6 is 0 Å². The Bertz CT molecular complexity index is 135. The van der Waals surface area contributed by atoms with Crippen LogP contribution in [0.1, 0.15) is 91.0 Å². The van der Waals surface area contributed by atoms with E-state index in [2.05, 4.69) is 12.2 Å². The predicted molar refractivity (Wildman–Crippen MR) is 96.9 cm³/mol. The molecule has 2 unspecified atom stereocenters. The second-order valence-electron chi connectivity index (χ2n) is 3.23. The van der Waals surface area contributed by atoms with Crippen LogP contribution in [0.15, 0.2) is 0 Å². The van der Waals surface area contributed by atoms with Gasteiger partial charge in [-0.05, 0) is 25.2 Å². The van der Waals surface area contributed by atoms with Gasteiger partial charge in [0.15, 0.2) is 0 Å². The van der Waals surface area contributed by atoms with Gasteiger partial charge in [0.1, 0.15) is 0 Å². The summed E-state index contributed by atoms with van der Waals surface area (Å²) in [4.78, 5) is 11.0. The fourth-order valence-electron chi connectivity index (χ4n) is 1.65. The van der Waals surface area contributed by atoms with Crippen molar-refractivity contribution in [3.05, 3.63) is 0 Å². The zero-order valence-electron chi connectivity index (χ0n) is 10.7. The molecular formula is C17H47NO. The highest BCUT2D eigenvalue weighted by atomic mass is 16.1. The minimum Gasteiger partial charge on any atom is -0.359 e. The van der Waals surface area contributed by atoms with Crippen LogP contribution in [0.2, 0.25) is 0 Å². The van der Waals surface area contributed by atoms with Crippen molar-refractivity contribution in [3.63, 3.8) is 0 Å². The number of hydrogen-bond donors (Lipinski definition) is 1. The van der Waals surface area contributed by atoms with E-state index in [4.69, 9.17) is 0 Å². The highest BCUT2D eigenvalue weighted by Gasteiger charge is 2.26. The molecule has 0 bridgehead atoms. The minimum atomic E-state index is 0. The number of carbonyl (C=O) groups excluding carboxylic acids is 1. The van der Waals surface area contributed by atoms with E-state index in [0.717, 1.165) is 18.8 Å². The average Bonchev–Trinajstić information content (AvgIpc) is 2.69. The second kappa shape index (κ2) is 30.5. The van der Waals surface area contributed by atoms with Crippen molar-refractivity contribution in [1.29, 1.82) is 0 Å². The zero-order chi connectivity index (χ0) is 11.6. The molecule has 19 heavy (non-hydrogen) atoms. The Labute approximate surface area is 126 Å². The summed E-state index contributed by atoms with van der Waals surface area (Å²) in [5.41, 5.74) is 0. The van der Waals surface area contributed by atoms with Gasteiger partial charge in [0.2, 0.25) is 5.91 Å². The standard InChI is InChI=1S/C8H15NO.2C2H6.5CH4/c1-6-3-4-7(5-6)8(10)9-2;2*1-2;;;;;/h6-7H,3-5H2,1-2H3,(H,9,10);2*1-2H3;5*1H4. The predicted octanol–water partition coefficient (Wildman–Crippen LogP) is 6.40. The lowest BCUT2D eigenvalue weighted by Crippen LogP contribution is -2.25. The first-order valence-corrected chi connectivity index (χ1v) is 5.95. The molecule has 0 spiro atoms. The van der Waals surface area contributed by atoms with E-state index < -0.39 is 0 Å². The molecular weight excluding hydrogens is 234 g/mol. The summed E-state index contributed by atoms with van der Waals surface area (Å²) in [7, 11) is 1.71. The van der Waals surface area contributed by atoms with Gasteiger partial charge in [-0.2, -0.15) is 0 Å². The van der Waals surface area contributed by atoms with Crippen LogP contribution in [0.4, 0.5) is 0 Å². The van der Waals surface area contributed by atoms with Gasteiger partial charge in [0, 0.05) is 13.0 Å². The van der Waals surface area contributed by atoms with Gasteiger partial charge in [0.25, 0.3) is 0 Å². The maximum Gasteiger partial charge on any atom is 0.222 e. The van der Waals surface area contributed by atoms with Crippen LogP contribution in [0.5, 0.6) is 0 Å². The van der Waals surface area contributed by atoms with Crippen LogP contribution in [0.25, 0.3) is 0 Å². The number of amides is 1. The fraction of sp³-hybridized carbons (Fsp3) is 0.941. The van der Waals surface area contributed by atoms with Gasteiger partial charge in [0.05, 0.1) is 0 Å². The molecule has 2 atom stereocenters. The number of rotatable bonds is 1. The van der Waals surface area contributed by atoms with Gasteiger partial charge >= 0.3 is 0 Å². The van der Waals surface area contributed by atoms with Crippen molar-refractivity contribution in [2.75, 3.05) is 7.05 Å². The Morgan fingerprint density at radius 1 is 0.895 bits per heavy atom. The third kappa shape index (κ3) is 20.0. The molecule has 1 saturated carbocycles. The summed E-state index contributed by atoms with van der Waals surface area (Å²) >= 11 is 0. The summed E-state index contributed by atoms with van der Waals surface area (Å²) < 4.78 is 0. The van der Waals surface area contributed by atoms with Crippen LogP contribution in [0, 0.1) is 11.8 Å². The minimum absolute atomic E-state index is 0. The quantitative estimate of drug-likeness (QED) is 0.592. The third-order valence-corrected chi connectivity index (χ3v) is 2.31. The summed E-state index contributed by atoms with van der Waals surface area (Å²) in [5, 5.41) is 2.69. The Balaban J connectivity index is -0.0000000295. The molecule has 1 aliphatic carbocycles. The number of nitrogens with one attached hydrogen (secondary N) is 1. The summed E-state index contributed by atoms with van der Waals surface area (Å²) in [6.45, 7) is 10.2. The number of hydrogen-bond acceptors (Lipinski definition) is 1. The summed E-state index contributed by atoms with van der Waals surface area (Å²) in [5.74, 6) is 1.28. The monoisotopic (exact) mass is 281 g/mol. The molecule has 1 rings (SSSR count). The van der Waals surface area contributed by atoms with E-state index >= 15 is 0 Å². The van der Waals surface area contributed by atoms with E-state index in [0.29, 0.717) is 5.92 Å². The smallest absolute Gasteiger partial charge is 0.222 e. The Hall–Kier alpha value is -0.530. The maximum atomic E-state index is 11.0. The van der Waals surface area contributed by atoms with Crippen molar-refractivity contribution in [3.8, 4) is 0 Å². The summed E-state index contributed by atoms with van der Waals surface area (Å²) in [6, 6.07) is 0. The Kier molecular flexibility index (Phi) is 68.7. The highest BCUT2D eigenvalue weighted by molar-refractivity contribution is 5.78. The molecule has 0 radical (unpaired) electrons. The lowest BCUT2D eigenvalue weighted by atomic mass is 10.1. The van der Waals surface area contributed by atoms with E-state index in [1.165, 1.54) is 6.42 Å². The molecule has 2 heteroatoms. The zero-order valence-corrected chi connectivity index (χ0v) is 10.7. The van der Waals surface area contributed by atoms with Crippen LogP contribution < -0.4 is 5.32 Å². The van der Waals surface area contributed by atoms with E-state index in [-0.39, 0.29) is 43.0 Å². The topological polar surface area (TPSA) is 29.1 Å². The van der Waals surface area contributed by atoms with Gasteiger partial charge in [-0.15, -0.1) is 0 Å². The van der Waals surface area contributed by atoms with Crippen molar-refractivity contribution >= 4 is 5.91 Å². The van der Waals surface area contributed by atoms with Crippen LogP contribution in [0.3, 0.4) is 0 Å². The first kappa shape index (κ1) is 42.8. The molecule has 0 aromatic rings. The SMILES string of the molecule is C.C.C.C.C.CC.CC.CNC(=O)C1CCC(C)C1. The van der Waals surface area contributed by atoms with Crippen LogP contribution in [-0.2, 0) is 4.79 Å². The van der Waals surface area contributed by atoms with Crippen molar-refractivity contribution in [2.45, 2.75) is 91.0 Å². The largest absolute Gasteiger partial charge is 0.359 e.